The third kappa shape index (κ3) is 4.76. The van der Waals surface area contributed by atoms with E-state index in [4.69, 9.17) is 5.11 Å². The molecule has 2 rings (SSSR count). The molecular weight excluding hydrogens is 318 g/mol. The van der Waals surface area contributed by atoms with Crippen molar-refractivity contribution in [2.45, 2.75) is 62.9 Å². The minimum atomic E-state index is -0.994. The van der Waals surface area contributed by atoms with Crippen LogP contribution in [0.2, 0.25) is 0 Å². The number of fused-ring (bicyclic) bond motifs is 1. The topological polar surface area (TPSA) is 108 Å². The number of urea groups is 1. The molecule has 0 bridgehead atoms. The van der Waals surface area contributed by atoms with Gasteiger partial charge in [0.05, 0.1) is 12.1 Å². The van der Waals surface area contributed by atoms with Crippen LogP contribution in [0.1, 0.15) is 39.5 Å². The largest absolute Gasteiger partial charge is 0.480 e. The standard InChI is InChI=1S/C15H25N3O4S/c1-8(2)12(14(20)21)17-11(19)6-4-3-5-10-13-9(7-23-10)16-15(22)18-13/h8-10,12-13H,3-7H2,1-2H3,(H,17,19)(H,20,21)(H2,16,18,22)/t9-,10-,12-,13-/m0/s1. The zero-order chi connectivity index (χ0) is 17.0. The van der Waals surface area contributed by atoms with E-state index in [1.807, 2.05) is 11.8 Å². The average Bonchev–Trinajstić information content (AvgIpc) is 3.00. The summed E-state index contributed by atoms with van der Waals surface area (Å²) in [5.74, 6) is -0.407. The van der Waals surface area contributed by atoms with Gasteiger partial charge in [0.25, 0.3) is 0 Å². The van der Waals surface area contributed by atoms with E-state index < -0.39 is 12.0 Å². The van der Waals surface area contributed by atoms with Crippen LogP contribution in [0.25, 0.3) is 0 Å². The summed E-state index contributed by atoms with van der Waals surface area (Å²) < 4.78 is 0. The minimum Gasteiger partial charge on any atom is -0.480 e. The Morgan fingerprint density at radius 1 is 1.35 bits per heavy atom. The number of carbonyl (C=O) groups is 3. The van der Waals surface area contributed by atoms with Crippen LogP contribution in [0.15, 0.2) is 0 Å². The van der Waals surface area contributed by atoms with Crippen molar-refractivity contribution in [1.29, 1.82) is 0 Å². The summed E-state index contributed by atoms with van der Waals surface area (Å²) in [6.07, 6.45) is 2.91. The number of nitrogens with one attached hydrogen (secondary N) is 3. The number of carboxylic acid groups (broad SMARTS) is 1. The molecule has 2 saturated heterocycles. The number of amides is 3. The molecule has 2 heterocycles. The molecule has 0 aliphatic carbocycles. The second kappa shape index (κ2) is 7.90. The van der Waals surface area contributed by atoms with Gasteiger partial charge in [-0.25, -0.2) is 9.59 Å². The number of aliphatic carboxylic acids is 1. The van der Waals surface area contributed by atoms with Gasteiger partial charge in [0, 0.05) is 17.4 Å². The fraction of sp³-hybridized carbons (Fsp3) is 0.800. The van der Waals surface area contributed by atoms with Crippen LogP contribution < -0.4 is 16.0 Å². The molecular formula is C15H25N3O4S. The van der Waals surface area contributed by atoms with Crippen LogP contribution in [-0.2, 0) is 9.59 Å². The number of hydrogen-bond acceptors (Lipinski definition) is 4. The SMILES string of the molecule is CC(C)[C@H](NC(=O)CCCC[C@@H]1SC[C@@H]2NC(=O)N[C@@H]21)C(=O)O. The summed E-state index contributed by atoms with van der Waals surface area (Å²) >= 11 is 1.86. The number of carbonyl (C=O) groups excluding carboxylic acids is 2. The molecule has 7 nitrogen and oxygen atoms in total. The lowest BCUT2D eigenvalue weighted by atomic mass is 10.0. The lowest BCUT2D eigenvalue weighted by Crippen LogP contribution is -2.44. The third-order valence-corrected chi connectivity index (χ3v) is 5.84. The molecule has 4 N–H and O–H groups in total. The van der Waals surface area contributed by atoms with E-state index in [1.165, 1.54) is 0 Å². The molecule has 0 unspecified atom stereocenters. The first kappa shape index (κ1) is 17.9. The Labute approximate surface area is 140 Å². The van der Waals surface area contributed by atoms with Gasteiger partial charge in [-0.15, -0.1) is 0 Å². The Hall–Kier alpha value is -1.44. The van der Waals surface area contributed by atoms with Crippen LogP contribution in [0, 0.1) is 5.92 Å². The fourth-order valence-corrected chi connectivity index (χ4v) is 4.58. The van der Waals surface area contributed by atoms with E-state index in [-0.39, 0.29) is 29.9 Å². The van der Waals surface area contributed by atoms with Gasteiger partial charge in [-0.3, -0.25) is 4.79 Å². The maximum Gasteiger partial charge on any atom is 0.326 e. The number of thioether (sulfide) groups is 1. The van der Waals surface area contributed by atoms with Crippen molar-refractivity contribution in [1.82, 2.24) is 16.0 Å². The molecule has 0 aromatic heterocycles. The quantitative estimate of drug-likeness (QED) is 0.387. The molecule has 23 heavy (non-hydrogen) atoms. The second-order valence-electron chi connectivity index (χ2n) is 6.50. The predicted molar refractivity (Wildman–Crippen MR) is 88.4 cm³/mol. The van der Waals surface area contributed by atoms with Gasteiger partial charge in [0.2, 0.25) is 5.91 Å². The van der Waals surface area contributed by atoms with Crippen molar-refractivity contribution in [2.24, 2.45) is 5.92 Å². The molecule has 0 saturated carbocycles. The predicted octanol–water partition coefficient (Wildman–Crippen LogP) is 0.938. The van der Waals surface area contributed by atoms with Crippen molar-refractivity contribution in [2.75, 3.05) is 5.75 Å². The van der Waals surface area contributed by atoms with E-state index >= 15 is 0 Å². The maximum atomic E-state index is 11.8. The molecule has 2 fully saturated rings. The van der Waals surface area contributed by atoms with Gasteiger partial charge in [0.1, 0.15) is 6.04 Å². The first-order valence-corrected chi connectivity index (χ1v) is 9.14. The van der Waals surface area contributed by atoms with Crippen LogP contribution in [-0.4, -0.2) is 52.1 Å². The summed E-state index contributed by atoms with van der Waals surface area (Å²) in [4.78, 5) is 34.2. The maximum absolute atomic E-state index is 11.8. The molecule has 0 aromatic carbocycles. The Bertz CT molecular complexity index is 472. The Balaban J connectivity index is 1.64. The summed E-state index contributed by atoms with van der Waals surface area (Å²) in [6.45, 7) is 3.55. The van der Waals surface area contributed by atoms with Gasteiger partial charge in [-0.1, -0.05) is 20.3 Å². The lowest BCUT2D eigenvalue weighted by molar-refractivity contribution is -0.143. The highest BCUT2D eigenvalue weighted by atomic mass is 32.2. The normalized spacial score (nSPS) is 27.3. The van der Waals surface area contributed by atoms with Gasteiger partial charge in [-0.05, 0) is 18.8 Å². The minimum absolute atomic E-state index is 0.0851. The second-order valence-corrected chi connectivity index (χ2v) is 7.77. The van der Waals surface area contributed by atoms with Crippen LogP contribution in [0.3, 0.4) is 0 Å². The van der Waals surface area contributed by atoms with Crippen LogP contribution in [0.5, 0.6) is 0 Å². The first-order valence-electron chi connectivity index (χ1n) is 8.09. The number of unbranched alkanes of at least 4 members (excludes halogenated alkanes) is 1. The van der Waals surface area contributed by atoms with Crippen molar-refractivity contribution >= 4 is 29.7 Å². The number of carboxylic acids is 1. The van der Waals surface area contributed by atoms with Crippen LogP contribution in [0.4, 0.5) is 4.79 Å². The molecule has 8 heteroatoms. The van der Waals surface area contributed by atoms with Gasteiger partial charge in [0.15, 0.2) is 0 Å². The van der Waals surface area contributed by atoms with Gasteiger partial charge in [-0.2, -0.15) is 11.8 Å². The molecule has 2 aliphatic rings. The van der Waals surface area contributed by atoms with Crippen LogP contribution >= 0.6 is 11.8 Å². The molecule has 0 spiro atoms. The summed E-state index contributed by atoms with van der Waals surface area (Å²) in [5, 5.41) is 17.9. The molecule has 130 valence electrons. The van der Waals surface area contributed by atoms with E-state index in [0.29, 0.717) is 11.7 Å². The van der Waals surface area contributed by atoms with E-state index in [2.05, 4.69) is 16.0 Å². The van der Waals surface area contributed by atoms with E-state index in [9.17, 15) is 14.4 Å². The van der Waals surface area contributed by atoms with Crippen molar-refractivity contribution in [3.63, 3.8) is 0 Å². The van der Waals surface area contributed by atoms with Gasteiger partial charge < -0.3 is 21.1 Å². The highest BCUT2D eigenvalue weighted by molar-refractivity contribution is 8.00. The van der Waals surface area contributed by atoms with Crippen molar-refractivity contribution < 1.29 is 19.5 Å². The smallest absolute Gasteiger partial charge is 0.326 e. The Morgan fingerprint density at radius 2 is 2.09 bits per heavy atom. The summed E-state index contributed by atoms with van der Waals surface area (Å²) in [7, 11) is 0. The number of rotatable bonds is 8. The third-order valence-electron chi connectivity index (χ3n) is 4.33. The molecule has 4 atom stereocenters. The zero-order valence-electron chi connectivity index (χ0n) is 13.5. The Kier molecular flexibility index (Phi) is 6.15. The lowest BCUT2D eigenvalue weighted by Gasteiger charge is -2.18. The Morgan fingerprint density at radius 3 is 2.74 bits per heavy atom. The average molecular weight is 343 g/mol. The molecule has 2 aliphatic heterocycles. The summed E-state index contributed by atoms with van der Waals surface area (Å²) in [6, 6.07) is -0.492. The first-order chi connectivity index (χ1) is 10.9. The highest BCUT2D eigenvalue weighted by Crippen LogP contribution is 2.33. The zero-order valence-corrected chi connectivity index (χ0v) is 14.3. The van der Waals surface area contributed by atoms with E-state index in [0.717, 1.165) is 25.0 Å². The van der Waals surface area contributed by atoms with Crippen molar-refractivity contribution in [3.05, 3.63) is 0 Å². The number of hydrogen-bond donors (Lipinski definition) is 4. The molecule has 3 amide bonds. The fourth-order valence-electron chi connectivity index (χ4n) is 3.03. The van der Waals surface area contributed by atoms with Crippen molar-refractivity contribution in [3.8, 4) is 0 Å². The summed E-state index contributed by atoms with van der Waals surface area (Å²) in [5.41, 5.74) is 0. The molecule has 0 radical (unpaired) electrons. The molecule has 0 aromatic rings. The monoisotopic (exact) mass is 343 g/mol. The highest BCUT2D eigenvalue weighted by Gasteiger charge is 2.42. The van der Waals surface area contributed by atoms with E-state index in [1.54, 1.807) is 13.8 Å². The van der Waals surface area contributed by atoms with Gasteiger partial charge >= 0.3 is 12.0 Å².